The number of amides is 1. The molecule has 0 aliphatic rings. The molecule has 0 spiro atoms. The highest BCUT2D eigenvalue weighted by atomic mass is 79.9. The highest BCUT2D eigenvalue weighted by Gasteiger charge is 2.17. The summed E-state index contributed by atoms with van der Waals surface area (Å²) in [6.45, 7) is 1.47. The Labute approximate surface area is 200 Å². The maximum absolute atomic E-state index is 11.1. The summed E-state index contributed by atoms with van der Waals surface area (Å²) >= 11 is 3.53. The number of nitrogens with one attached hydrogen (secondary N) is 2. The Kier molecular flexibility index (Phi) is 8.91. The predicted molar refractivity (Wildman–Crippen MR) is 130 cm³/mol. The normalized spacial score (nSPS) is 9.91. The molecule has 3 aromatic rings. The molecule has 32 heavy (non-hydrogen) atoms. The molecule has 11 heteroatoms. The Morgan fingerprint density at radius 2 is 1.44 bits per heavy atom. The van der Waals surface area contributed by atoms with Crippen molar-refractivity contribution in [2.24, 2.45) is 0 Å². The third-order valence-electron chi connectivity index (χ3n) is 4.20. The zero-order valence-electron chi connectivity index (χ0n) is 17.9. The van der Waals surface area contributed by atoms with Crippen molar-refractivity contribution in [1.29, 1.82) is 0 Å². The third kappa shape index (κ3) is 5.92. The van der Waals surface area contributed by atoms with Crippen LogP contribution in [0, 0.1) is 0 Å². The molecule has 0 bridgehead atoms. The minimum atomic E-state index is -0.119. The average molecular weight is 525 g/mol. The van der Waals surface area contributed by atoms with Crippen LogP contribution in [0.25, 0.3) is 0 Å². The molecular formula is C21H23BrClN5O4. The van der Waals surface area contributed by atoms with E-state index in [0.717, 1.165) is 17.1 Å². The first kappa shape index (κ1) is 25.0. The van der Waals surface area contributed by atoms with Gasteiger partial charge in [-0.05, 0) is 24.3 Å². The van der Waals surface area contributed by atoms with Crippen LogP contribution >= 0.6 is 28.6 Å². The van der Waals surface area contributed by atoms with Gasteiger partial charge >= 0.3 is 0 Å². The molecule has 0 atom stereocenters. The summed E-state index contributed by atoms with van der Waals surface area (Å²) in [5, 5.41) is 5.84. The number of aromatic nitrogens is 2. The number of ether oxygens (including phenoxy) is 3. The highest BCUT2D eigenvalue weighted by molar-refractivity contribution is 9.10. The summed E-state index contributed by atoms with van der Waals surface area (Å²) in [4.78, 5) is 19.8. The van der Waals surface area contributed by atoms with Crippen LogP contribution in [0.2, 0.25) is 0 Å². The summed E-state index contributed by atoms with van der Waals surface area (Å²) < 4.78 is 17.9. The molecule has 1 aromatic heterocycles. The molecule has 2 N–H and O–H groups in total. The second-order valence-corrected chi connectivity index (χ2v) is 7.02. The summed E-state index contributed by atoms with van der Waals surface area (Å²) in [6.07, 6.45) is 3.33. The third-order valence-corrected chi connectivity index (χ3v) is 5.02. The lowest BCUT2D eigenvalue weighted by molar-refractivity contribution is -0.114. The van der Waals surface area contributed by atoms with Gasteiger partial charge in [-0.3, -0.25) is 8.72 Å². The van der Waals surface area contributed by atoms with Crippen molar-refractivity contribution in [2.75, 3.05) is 35.9 Å². The molecule has 0 aliphatic heterocycles. The predicted octanol–water partition coefficient (Wildman–Crippen LogP) is 5.07. The second kappa shape index (κ2) is 11.4. The van der Waals surface area contributed by atoms with Gasteiger partial charge in [0, 0.05) is 30.4 Å². The lowest BCUT2D eigenvalue weighted by Gasteiger charge is -2.20. The lowest BCUT2D eigenvalue weighted by Crippen LogP contribution is -2.06. The van der Waals surface area contributed by atoms with E-state index in [1.54, 1.807) is 61.9 Å². The van der Waals surface area contributed by atoms with Gasteiger partial charge in [0.2, 0.25) is 17.6 Å². The van der Waals surface area contributed by atoms with Crippen molar-refractivity contribution < 1.29 is 19.0 Å². The first-order valence-electron chi connectivity index (χ1n) is 9.17. The molecular weight excluding hydrogens is 502 g/mol. The van der Waals surface area contributed by atoms with Gasteiger partial charge in [0.1, 0.15) is 0 Å². The van der Waals surface area contributed by atoms with Gasteiger partial charge in [-0.2, -0.15) is 0 Å². The molecule has 0 aliphatic carbocycles. The number of hydrogen-bond acceptors (Lipinski definition) is 8. The first-order valence-corrected chi connectivity index (χ1v) is 9.88. The quantitative estimate of drug-likeness (QED) is 0.394. The van der Waals surface area contributed by atoms with E-state index in [1.807, 2.05) is 12.1 Å². The van der Waals surface area contributed by atoms with E-state index in [2.05, 4.69) is 36.7 Å². The van der Waals surface area contributed by atoms with E-state index in [4.69, 9.17) is 14.2 Å². The van der Waals surface area contributed by atoms with Gasteiger partial charge in [0.15, 0.2) is 11.5 Å². The fraction of sp³-hybridized carbons (Fsp3) is 0.190. The van der Waals surface area contributed by atoms with E-state index < -0.39 is 0 Å². The summed E-state index contributed by atoms with van der Waals surface area (Å²) in [5.41, 5.74) is 2.95. The molecule has 0 saturated carbocycles. The molecule has 0 saturated heterocycles. The minimum absolute atomic E-state index is 0. The molecule has 0 radical (unpaired) electrons. The number of hydrogen-bond donors (Lipinski definition) is 2. The monoisotopic (exact) mass is 523 g/mol. The van der Waals surface area contributed by atoms with Crippen molar-refractivity contribution in [1.82, 2.24) is 9.97 Å². The molecule has 1 heterocycles. The lowest BCUT2D eigenvalue weighted by atomic mass is 10.2. The summed E-state index contributed by atoms with van der Waals surface area (Å²) in [5.74, 6) is 1.88. The van der Waals surface area contributed by atoms with Gasteiger partial charge in [0.05, 0.1) is 61.2 Å². The fourth-order valence-electron chi connectivity index (χ4n) is 2.79. The van der Waals surface area contributed by atoms with E-state index in [9.17, 15) is 4.79 Å². The smallest absolute Gasteiger partial charge is 0.227 e. The number of rotatable bonds is 8. The maximum atomic E-state index is 11.1. The number of nitrogens with zero attached hydrogens (tertiary/aromatic N) is 3. The number of halogens is 2. The summed E-state index contributed by atoms with van der Waals surface area (Å²) in [7, 11) is 4.68. The van der Waals surface area contributed by atoms with E-state index in [1.165, 1.54) is 6.92 Å². The Hall–Kier alpha value is -3.24. The van der Waals surface area contributed by atoms with Crippen LogP contribution in [-0.2, 0) is 4.79 Å². The number of benzene rings is 2. The minimum Gasteiger partial charge on any atom is -0.493 e. The molecule has 0 fully saturated rings. The zero-order chi connectivity index (χ0) is 22.4. The number of carbonyl (C=O) groups excluding carboxylic acids is 1. The molecule has 2 aromatic carbocycles. The molecule has 1 amide bonds. The molecule has 0 unspecified atom stereocenters. The Morgan fingerprint density at radius 1 is 0.906 bits per heavy atom. The van der Waals surface area contributed by atoms with Crippen molar-refractivity contribution in [3.63, 3.8) is 0 Å². The van der Waals surface area contributed by atoms with Crippen LogP contribution in [0.15, 0.2) is 48.8 Å². The highest BCUT2D eigenvalue weighted by Crippen LogP contribution is 2.43. The Bertz CT molecular complexity index is 1030. The van der Waals surface area contributed by atoms with Crippen molar-refractivity contribution >= 4 is 63.2 Å². The first-order chi connectivity index (χ1) is 14.9. The van der Waals surface area contributed by atoms with Gasteiger partial charge in [-0.15, -0.1) is 12.4 Å². The van der Waals surface area contributed by atoms with Crippen LogP contribution in [0.5, 0.6) is 17.2 Å². The van der Waals surface area contributed by atoms with Gasteiger partial charge < -0.3 is 24.8 Å². The molecule has 170 valence electrons. The number of carbonyl (C=O) groups is 1. The van der Waals surface area contributed by atoms with Gasteiger partial charge in [-0.1, -0.05) is 0 Å². The van der Waals surface area contributed by atoms with E-state index in [-0.39, 0.29) is 18.3 Å². The fourth-order valence-corrected chi connectivity index (χ4v) is 3.17. The average Bonchev–Trinajstić information content (AvgIpc) is 2.79. The molecule has 3 rings (SSSR count). The van der Waals surface area contributed by atoms with Crippen LogP contribution in [0.1, 0.15) is 6.92 Å². The van der Waals surface area contributed by atoms with Crippen molar-refractivity contribution in [2.45, 2.75) is 6.92 Å². The van der Waals surface area contributed by atoms with E-state index in [0.29, 0.717) is 28.9 Å². The topological polar surface area (TPSA) is 97.8 Å². The van der Waals surface area contributed by atoms with Crippen molar-refractivity contribution in [3.8, 4) is 17.2 Å². The van der Waals surface area contributed by atoms with Crippen LogP contribution in [-0.4, -0.2) is 37.2 Å². The summed E-state index contributed by atoms with van der Waals surface area (Å²) in [6, 6.07) is 10.9. The zero-order valence-corrected chi connectivity index (χ0v) is 20.3. The maximum Gasteiger partial charge on any atom is 0.227 e. The van der Waals surface area contributed by atoms with Gasteiger partial charge in [0.25, 0.3) is 0 Å². The van der Waals surface area contributed by atoms with Gasteiger partial charge in [-0.25, -0.2) is 9.97 Å². The second-order valence-electron chi connectivity index (χ2n) is 6.31. The number of methoxy groups -OCH3 is 3. The SMILES string of the molecule is COc1cc(N(Br)c2cnc(Nc3ccc(NC(C)=O)cc3)nc2)cc(OC)c1OC.Cl. The van der Waals surface area contributed by atoms with Crippen LogP contribution in [0.3, 0.4) is 0 Å². The Morgan fingerprint density at radius 3 is 1.91 bits per heavy atom. The standard InChI is InChI=1S/C21H22BrN5O4.ClH/c1-13(28)25-14-5-7-15(8-6-14)26-21-23-11-17(12-24-21)27(22)16-9-18(29-2)20(31-4)19(10-16)30-3;/h5-12H,1-4H3,(H,25,28)(H,23,24,26);1H. The number of anilines is 5. The van der Waals surface area contributed by atoms with Crippen LogP contribution < -0.4 is 28.8 Å². The largest absolute Gasteiger partial charge is 0.493 e. The molecule has 9 nitrogen and oxygen atoms in total. The van der Waals surface area contributed by atoms with Crippen molar-refractivity contribution in [3.05, 3.63) is 48.8 Å². The Balaban J connectivity index is 0.00000363. The van der Waals surface area contributed by atoms with Crippen LogP contribution in [0.4, 0.5) is 28.7 Å². The van der Waals surface area contributed by atoms with E-state index >= 15 is 0 Å².